The first-order chi connectivity index (χ1) is 17.1. The van der Waals surface area contributed by atoms with Crippen LogP contribution in [0.3, 0.4) is 0 Å². The van der Waals surface area contributed by atoms with Gasteiger partial charge in [-0.15, -0.1) is 0 Å². The molecule has 1 aromatic rings. The highest BCUT2D eigenvalue weighted by Crippen LogP contribution is 2.34. The van der Waals surface area contributed by atoms with Crippen LogP contribution < -0.4 is 20.4 Å². The lowest BCUT2D eigenvalue weighted by Crippen LogP contribution is -2.56. The maximum atomic E-state index is 6.70. The normalized spacial score (nSPS) is 24.1. The number of rotatable bonds is 10. The summed E-state index contributed by atoms with van der Waals surface area (Å²) in [6.07, 6.45) is 6.39. The van der Waals surface area contributed by atoms with Gasteiger partial charge in [0, 0.05) is 36.3 Å². The summed E-state index contributed by atoms with van der Waals surface area (Å²) >= 11 is 6.70. The summed E-state index contributed by atoms with van der Waals surface area (Å²) in [5, 5.41) is 7.64. The number of hydrogen-bond acceptors (Lipinski definition) is 7. The molecule has 37 heavy (non-hydrogen) atoms. The van der Waals surface area contributed by atoms with E-state index in [9.17, 15) is 0 Å². The molecule has 2 saturated heterocycles. The van der Waals surface area contributed by atoms with E-state index >= 15 is 0 Å². The highest BCUT2D eigenvalue weighted by Gasteiger charge is 2.37. The highest BCUT2D eigenvalue weighted by atomic mass is 35.5. The van der Waals surface area contributed by atoms with Crippen molar-refractivity contribution in [3.8, 4) is 0 Å². The van der Waals surface area contributed by atoms with Gasteiger partial charge in [0.05, 0.1) is 0 Å². The van der Waals surface area contributed by atoms with E-state index in [1.807, 2.05) is 0 Å². The number of anilines is 2. The average molecular weight is 536 g/mol. The fourth-order valence-electron chi connectivity index (χ4n) is 5.67. The van der Waals surface area contributed by atoms with Crippen LogP contribution in [-0.2, 0) is 0 Å². The molecule has 2 unspecified atom stereocenters. The van der Waals surface area contributed by atoms with Crippen LogP contribution in [0.1, 0.15) is 108 Å². The summed E-state index contributed by atoms with van der Waals surface area (Å²) < 4.78 is 0. The standard InChI is InChI=1S/C29H54ClN7/c1-11-26(3,4)19-36(21-13-15-31-28(7,8)17-21)24-33-23(30)34-25(35-24)37(20-27(5,6)12-2)22-14-16-32-29(9,10)18-22/h21-22,31-32H,11-20H2,1-10H3. The number of piperidine rings is 2. The van der Waals surface area contributed by atoms with E-state index in [2.05, 4.69) is 89.7 Å². The Morgan fingerprint density at radius 1 is 0.757 bits per heavy atom. The first-order valence-corrected chi connectivity index (χ1v) is 14.9. The van der Waals surface area contributed by atoms with Crippen molar-refractivity contribution in [3.63, 3.8) is 0 Å². The predicted octanol–water partition coefficient (Wildman–Crippen LogP) is 6.07. The molecule has 0 saturated carbocycles. The summed E-state index contributed by atoms with van der Waals surface area (Å²) in [5.74, 6) is 1.46. The lowest BCUT2D eigenvalue weighted by molar-refractivity contribution is 0.245. The molecule has 0 aromatic carbocycles. The van der Waals surface area contributed by atoms with Gasteiger partial charge in [0.2, 0.25) is 17.2 Å². The van der Waals surface area contributed by atoms with Crippen LogP contribution in [0.5, 0.6) is 0 Å². The topological polar surface area (TPSA) is 69.2 Å². The van der Waals surface area contributed by atoms with Crippen LogP contribution >= 0.6 is 11.6 Å². The summed E-state index contributed by atoms with van der Waals surface area (Å²) in [7, 11) is 0. The van der Waals surface area contributed by atoms with Gasteiger partial charge in [0.25, 0.3) is 0 Å². The summed E-state index contributed by atoms with van der Waals surface area (Å²) in [4.78, 5) is 19.6. The first-order valence-electron chi connectivity index (χ1n) is 14.5. The van der Waals surface area contributed by atoms with Gasteiger partial charge in [-0.25, -0.2) is 0 Å². The predicted molar refractivity (Wildman–Crippen MR) is 158 cm³/mol. The zero-order valence-corrected chi connectivity index (χ0v) is 26.1. The molecule has 0 spiro atoms. The number of aromatic nitrogens is 3. The van der Waals surface area contributed by atoms with Crippen LogP contribution in [0.4, 0.5) is 11.9 Å². The Bertz CT molecular complexity index is 830. The molecule has 8 heteroatoms. The van der Waals surface area contributed by atoms with E-state index in [4.69, 9.17) is 26.6 Å². The molecule has 1 aromatic heterocycles. The quantitative estimate of drug-likeness (QED) is 0.376. The summed E-state index contributed by atoms with van der Waals surface area (Å²) in [6.45, 7) is 26.8. The molecule has 3 rings (SSSR count). The molecule has 7 nitrogen and oxygen atoms in total. The second-order valence-corrected chi connectivity index (χ2v) is 14.7. The molecule has 3 heterocycles. The molecular weight excluding hydrogens is 482 g/mol. The van der Waals surface area contributed by atoms with E-state index in [-0.39, 0.29) is 21.9 Å². The molecule has 0 amide bonds. The zero-order chi connectivity index (χ0) is 27.6. The minimum Gasteiger partial charge on any atom is -0.337 e. The smallest absolute Gasteiger partial charge is 0.231 e. The van der Waals surface area contributed by atoms with Crippen LogP contribution in [0.2, 0.25) is 5.28 Å². The number of halogens is 1. The van der Waals surface area contributed by atoms with E-state index < -0.39 is 0 Å². The third-order valence-corrected chi connectivity index (χ3v) is 8.91. The van der Waals surface area contributed by atoms with Gasteiger partial charge in [-0.1, -0.05) is 41.5 Å². The number of hydrogen-bond donors (Lipinski definition) is 2. The van der Waals surface area contributed by atoms with Crippen LogP contribution in [0.25, 0.3) is 0 Å². The Hall–Kier alpha value is -1.18. The molecule has 212 valence electrons. The van der Waals surface area contributed by atoms with Crippen molar-refractivity contribution in [3.05, 3.63) is 5.28 Å². The number of nitrogens with zero attached hydrogens (tertiary/aromatic N) is 5. The monoisotopic (exact) mass is 535 g/mol. The van der Waals surface area contributed by atoms with E-state index in [0.29, 0.717) is 17.4 Å². The van der Waals surface area contributed by atoms with Crippen molar-refractivity contribution >= 4 is 23.5 Å². The lowest BCUT2D eigenvalue weighted by Gasteiger charge is -2.45. The van der Waals surface area contributed by atoms with Crippen LogP contribution in [-0.4, -0.2) is 64.3 Å². The molecular formula is C29H54ClN7. The Morgan fingerprint density at radius 2 is 1.14 bits per heavy atom. The van der Waals surface area contributed by atoms with E-state index in [1.165, 1.54) is 0 Å². The van der Waals surface area contributed by atoms with Gasteiger partial charge in [-0.2, -0.15) is 15.0 Å². The second-order valence-electron chi connectivity index (χ2n) is 14.4. The maximum Gasteiger partial charge on any atom is 0.231 e. The van der Waals surface area contributed by atoms with Crippen LogP contribution in [0, 0.1) is 10.8 Å². The molecule has 2 aliphatic heterocycles. The lowest BCUT2D eigenvalue weighted by atomic mass is 9.85. The fourth-order valence-corrected chi connectivity index (χ4v) is 5.82. The third kappa shape index (κ3) is 8.40. The summed E-state index contributed by atoms with van der Waals surface area (Å²) in [5.41, 5.74) is 0.429. The van der Waals surface area contributed by atoms with Crippen molar-refractivity contribution in [2.45, 2.75) is 131 Å². The minimum atomic E-state index is 0.0784. The number of nitrogens with one attached hydrogen (secondary N) is 2. The second kappa shape index (κ2) is 11.5. The van der Waals surface area contributed by atoms with Crippen LogP contribution in [0.15, 0.2) is 0 Å². The van der Waals surface area contributed by atoms with Gasteiger partial charge in [-0.3, -0.25) is 0 Å². The van der Waals surface area contributed by atoms with Gasteiger partial charge in [0.15, 0.2) is 0 Å². The minimum absolute atomic E-state index is 0.0784. The largest absolute Gasteiger partial charge is 0.337 e. The molecule has 0 aliphatic carbocycles. The average Bonchev–Trinajstić information content (AvgIpc) is 2.79. The Balaban J connectivity index is 2.05. The van der Waals surface area contributed by atoms with Crippen molar-refractivity contribution in [1.29, 1.82) is 0 Å². The fraction of sp³-hybridized carbons (Fsp3) is 0.897. The van der Waals surface area contributed by atoms with Crippen molar-refractivity contribution in [2.24, 2.45) is 10.8 Å². The molecule has 2 N–H and O–H groups in total. The SMILES string of the molecule is CCC(C)(C)CN(c1nc(Cl)nc(N(CC(C)(C)CC)C2CCNC(C)(C)C2)n1)C1CCNC(C)(C)C1. The van der Waals surface area contributed by atoms with Crippen molar-refractivity contribution < 1.29 is 0 Å². The molecule has 2 fully saturated rings. The summed E-state index contributed by atoms with van der Waals surface area (Å²) in [6, 6.07) is 0.707. The third-order valence-electron chi connectivity index (χ3n) is 8.74. The van der Waals surface area contributed by atoms with Gasteiger partial charge in [-0.05, 0) is 102 Å². The zero-order valence-electron chi connectivity index (χ0n) is 25.3. The van der Waals surface area contributed by atoms with Gasteiger partial charge in [0.1, 0.15) is 0 Å². The van der Waals surface area contributed by atoms with Crippen molar-refractivity contribution in [1.82, 2.24) is 25.6 Å². The van der Waals surface area contributed by atoms with E-state index in [0.717, 1.165) is 76.6 Å². The maximum absolute atomic E-state index is 6.70. The Morgan fingerprint density at radius 3 is 1.46 bits per heavy atom. The molecule has 0 bridgehead atoms. The highest BCUT2D eigenvalue weighted by molar-refractivity contribution is 6.28. The Kier molecular flexibility index (Phi) is 9.45. The van der Waals surface area contributed by atoms with Crippen molar-refractivity contribution in [2.75, 3.05) is 36.0 Å². The van der Waals surface area contributed by atoms with Gasteiger partial charge >= 0.3 is 0 Å². The first kappa shape index (κ1) is 30.4. The molecule has 0 radical (unpaired) electrons. The molecule has 2 aliphatic rings. The van der Waals surface area contributed by atoms with E-state index in [1.54, 1.807) is 0 Å². The Labute approximate surface area is 231 Å². The molecule has 2 atom stereocenters. The van der Waals surface area contributed by atoms with Gasteiger partial charge < -0.3 is 20.4 Å².